The van der Waals surface area contributed by atoms with Crippen LogP contribution in [0.15, 0.2) is 47.8 Å². The summed E-state index contributed by atoms with van der Waals surface area (Å²) in [6.45, 7) is 3.67. The molecule has 22 heavy (non-hydrogen) atoms. The SMILES string of the molecule is O=C(c1ccccc1)N1CCN(C[C@H](O)c2cccs2)CC1. The second kappa shape index (κ2) is 7.05. The minimum atomic E-state index is -0.434. The second-order valence-corrected chi connectivity index (χ2v) is 6.47. The first-order valence-corrected chi connectivity index (χ1v) is 8.40. The van der Waals surface area contributed by atoms with E-state index in [4.69, 9.17) is 0 Å². The minimum absolute atomic E-state index is 0.0963. The van der Waals surface area contributed by atoms with Gasteiger partial charge in [-0.15, -0.1) is 11.3 Å². The van der Waals surface area contributed by atoms with Crippen molar-refractivity contribution in [3.63, 3.8) is 0 Å². The molecule has 5 heteroatoms. The zero-order chi connectivity index (χ0) is 15.4. The molecule has 4 nitrogen and oxygen atoms in total. The van der Waals surface area contributed by atoms with Crippen LogP contribution in [0.5, 0.6) is 0 Å². The lowest BCUT2D eigenvalue weighted by molar-refractivity contribution is 0.0533. The molecule has 0 unspecified atom stereocenters. The molecule has 0 saturated carbocycles. The van der Waals surface area contributed by atoms with E-state index in [0.29, 0.717) is 19.6 Å². The predicted octanol–water partition coefficient (Wildman–Crippen LogP) is 2.24. The maximum atomic E-state index is 12.4. The number of hydrogen-bond donors (Lipinski definition) is 1. The average Bonchev–Trinajstić information content (AvgIpc) is 3.10. The fraction of sp³-hybridized carbons (Fsp3) is 0.353. The quantitative estimate of drug-likeness (QED) is 0.941. The number of piperazine rings is 1. The summed E-state index contributed by atoms with van der Waals surface area (Å²) < 4.78 is 0. The Morgan fingerprint density at radius 1 is 1.09 bits per heavy atom. The monoisotopic (exact) mass is 316 g/mol. The summed E-state index contributed by atoms with van der Waals surface area (Å²) in [6.07, 6.45) is -0.434. The van der Waals surface area contributed by atoms with Crippen LogP contribution in [-0.2, 0) is 0 Å². The Hall–Kier alpha value is -1.69. The molecule has 1 fully saturated rings. The molecule has 0 aliphatic carbocycles. The number of rotatable bonds is 4. The zero-order valence-electron chi connectivity index (χ0n) is 12.4. The molecular weight excluding hydrogens is 296 g/mol. The number of amides is 1. The molecule has 2 aromatic rings. The summed E-state index contributed by atoms with van der Waals surface area (Å²) in [4.78, 5) is 17.5. The molecule has 1 N–H and O–H groups in total. The van der Waals surface area contributed by atoms with Gasteiger partial charge in [0, 0.05) is 43.2 Å². The van der Waals surface area contributed by atoms with Gasteiger partial charge in [-0.05, 0) is 23.6 Å². The smallest absolute Gasteiger partial charge is 0.253 e. The van der Waals surface area contributed by atoms with Crippen molar-refractivity contribution in [1.29, 1.82) is 0 Å². The van der Waals surface area contributed by atoms with Crippen molar-refractivity contribution >= 4 is 17.2 Å². The van der Waals surface area contributed by atoms with Crippen molar-refractivity contribution in [2.75, 3.05) is 32.7 Å². The van der Waals surface area contributed by atoms with Gasteiger partial charge in [0.05, 0.1) is 0 Å². The van der Waals surface area contributed by atoms with Crippen LogP contribution >= 0.6 is 11.3 Å². The van der Waals surface area contributed by atoms with Crippen LogP contribution in [0.3, 0.4) is 0 Å². The number of thiophene rings is 1. The zero-order valence-corrected chi connectivity index (χ0v) is 13.2. The van der Waals surface area contributed by atoms with E-state index in [-0.39, 0.29) is 5.91 Å². The normalized spacial score (nSPS) is 17.4. The molecule has 1 aliphatic rings. The average molecular weight is 316 g/mol. The van der Waals surface area contributed by atoms with E-state index in [1.54, 1.807) is 11.3 Å². The standard InChI is InChI=1S/C17H20N2O2S/c20-15(16-7-4-12-22-16)13-18-8-10-19(11-9-18)17(21)14-5-2-1-3-6-14/h1-7,12,15,20H,8-11,13H2/t15-/m0/s1. The number of carbonyl (C=O) groups is 1. The minimum Gasteiger partial charge on any atom is -0.386 e. The summed E-state index contributed by atoms with van der Waals surface area (Å²) in [7, 11) is 0. The van der Waals surface area contributed by atoms with Crippen molar-refractivity contribution < 1.29 is 9.90 Å². The first-order chi connectivity index (χ1) is 10.7. The highest BCUT2D eigenvalue weighted by Crippen LogP contribution is 2.20. The van der Waals surface area contributed by atoms with Gasteiger partial charge in [0.25, 0.3) is 5.91 Å². The predicted molar refractivity (Wildman–Crippen MR) is 88.1 cm³/mol. The lowest BCUT2D eigenvalue weighted by Crippen LogP contribution is -2.49. The number of benzene rings is 1. The first kappa shape index (κ1) is 15.2. The lowest BCUT2D eigenvalue weighted by atomic mass is 10.1. The van der Waals surface area contributed by atoms with Crippen molar-refractivity contribution in [2.24, 2.45) is 0 Å². The van der Waals surface area contributed by atoms with Gasteiger partial charge in [-0.1, -0.05) is 24.3 Å². The number of carbonyl (C=O) groups excluding carboxylic acids is 1. The number of hydrogen-bond acceptors (Lipinski definition) is 4. The van der Waals surface area contributed by atoms with Crippen molar-refractivity contribution in [1.82, 2.24) is 9.80 Å². The van der Waals surface area contributed by atoms with Crippen molar-refractivity contribution in [2.45, 2.75) is 6.10 Å². The maximum absolute atomic E-state index is 12.4. The molecule has 1 atom stereocenters. The molecule has 0 bridgehead atoms. The van der Waals surface area contributed by atoms with Crippen LogP contribution in [0.4, 0.5) is 0 Å². The van der Waals surface area contributed by atoms with E-state index in [0.717, 1.165) is 23.5 Å². The molecule has 1 aliphatic heterocycles. The summed E-state index contributed by atoms with van der Waals surface area (Å²) >= 11 is 1.58. The molecule has 1 aromatic heterocycles. The molecule has 1 saturated heterocycles. The topological polar surface area (TPSA) is 43.8 Å². The van der Waals surface area contributed by atoms with Gasteiger partial charge < -0.3 is 10.0 Å². The molecule has 1 aromatic carbocycles. The van der Waals surface area contributed by atoms with Gasteiger partial charge in [-0.2, -0.15) is 0 Å². The Bertz CT molecular complexity index is 592. The van der Waals surface area contributed by atoms with E-state index >= 15 is 0 Å². The van der Waals surface area contributed by atoms with Gasteiger partial charge in [-0.25, -0.2) is 0 Å². The van der Waals surface area contributed by atoms with Gasteiger partial charge in [-0.3, -0.25) is 9.69 Å². The third kappa shape index (κ3) is 3.55. The second-order valence-electron chi connectivity index (χ2n) is 5.49. The van der Waals surface area contributed by atoms with E-state index in [9.17, 15) is 9.90 Å². The van der Waals surface area contributed by atoms with Crippen LogP contribution in [0, 0.1) is 0 Å². The van der Waals surface area contributed by atoms with E-state index in [1.165, 1.54) is 0 Å². The lowest BCUT2D eigenvalue weighted by Gasteiger charge is -2.35. The Kier molecular flexibility index (Phi) is 4.87. The molecule has 3 rings (SSSR count). The summed E-state index contributed by atoms with van der Waals surface area (Å²) in [5, 5.41) is 12.2. The largest absolute Gasteiger partial charge is 0.386 e. The fourth-order valence-electron chi connectivity index (χ4n) is 2.71. The third-order valence-electron chi connectivity index (χ3n) is 3.98. The highest BCUT2D eigenvalue weighted by Gasteiger charge is 2.23. The Balaban J connectivity index is 1.51. The van der Waals surface area contributed by atoms with Gasteiger partial charge in [0.1, 0.15) is 6.10 Å². The number of aliphatic hydroxyl groups excluding tert-OH is 1. The molecule has 1 amide bonds. The van der Waals surface area contributed by atoms with Gasteiger partial charge >= 0.3 is 0 Å². The van der Waals surface area contributed by atoms with E-state index < -0.39 is 6.10 Å². The summed E-state index contributed by atoms with van der Waals surface area (Å²) in [5.41, 5.74) is 0.745. The van der Waals surface area contributed by atoms with Crippen LogP contribution < -0.4 is 0 Å². The number of aliphatic hydroxyl groups is 1. The first-order valence-electron chi connectivity index (χ1n) is 7.52. The number of nitrogens with zero attached hydrogens (tertiary/aromatic N) is 2. The molecule has 0 radical (unpaired) electrons. The van der Waals surface area contributed by atoms with Crippen LogP contribution in [0.1, 0.15) is 21.3 Å². The van der Waals surface area contributed by atoms with Crippen LogP contribution in [-0.4, -0.2) is 53.5 Å². The Labute approximate surface area is 134 Å². The third-order valence-corrected chi connectivity index (χ3v) is 4.96. The maximum Gasteiger partial charge on any atom is 0.253 e. The molecule has 116 valence electrons. The van der Waals surface area contributed by atoms with Crippen molar-refractivity contribution in [3.8, 4) is 0 Å². The summed E-state index contributed by atoms with van der Waals surface area (Å²) in [6, 6.07) is 13.3. The van der Waals surface area contributed by atoms with Crippen LogP contribution in [0.2, 0.25) is 0 Å². The molecule has 0 spiro atoms. The van der Waals surface area contributed by atoms with Gasteiger partial charge in [0.15, 0.2) is 0 Å². The highest BCUT2D eigenvalue weighted by atomic mass is 32.1. The van der Waals surface area contributed by atoms with Gasteiger partial charge in [0.2, 0.25) is 0 Å². The fourth-order valence-corrected chi connectivity index (χ4v) is 3.42. The summed E-state index contributed by atoms with van der Waals surface area (Å²) in [5.74, 6) is 0.0963. The van der Waals surface area contributed by atoms with E-state index in [2.05, 4.69) is 4.90 Å². The highest BCUT2D eigenvalue weighted by molar-refractivity contribution is 7.10. The van der Waals surface area contributed by atoms with Crippen LogP contribution in [0.25, 0.3) is 0 Å². The van der Waals surface area contributed by atoms with E-state index in [1.807, 2.05) is 52.7 Å². The Morgan fingerprint density at radius 3 is 2.45 bits per heavy atom. The molecule has 2 heterocycles. The Morgan fingerprint density at radius 2 is 1.82 bits per heavy atom. The number of β-amino-alcohol motifs (C(OH)–C–C–N with tert-alkyl or cyclic N) is 1. The van der Waals surface area contributed by atoms with Crippen molar-refractivity contribution in [3.05, 3.63) is 58.3 Å². The molecular formula is C17H20N2O2S.